The van der Waals surface area contributed by atoms with Crippen molar-refractivity contribution in [3.63, 3.8) is 0 Å². The third-order valence-electron chi connectivity index (χ3n) is 3.45. The highest BCUT2D eigenvalue weighted by Gasteiger charge is 2.30. The lowest BCUT2D eigenvalue weighted by Crippen LogP contribution is -2.39. The molecule has 0 saturated carbocycles. The summed E-state index contributed by atoms with van der Waals surface area (Å²) in [6.07, 6.45) is 2.38. The van der Waals surface area contributed by atoms with Gasteiger partial charge in [0.25, 0.3) is 0 Å². The fourth-order valence-electron chi connectivity index (χ4n) is 1.96. The van der Waals surface area contributed by atoms with Crippen LogP contribution >= 0.6 is 15.9 Å². The maximum atomic E-state index is 13.4. The number of rotatable bonds is 7. The van der Waals surface area contributed by atoms with Crippen molar-refractivity contribution in [1.82, 2.24) is 4.31 Å². The summed E-state index contributed by atoms with van der Waals surface area (Å²) < 4.78 is 40.8. The van der Waals surface area contributed by atoms with E-state index in [0.717, 1.165) is 18.9 Å². The van der Waals surface area contributed by atoms with Gasteiger partial charge in [-0.05, 0) is 47.8 Å². The van der Waals surface area contributed by atoms with Crippen LogP contribution in [0.3, 0.4) is 0 Å². The van der Waals surface area contributed by atoms with E-state index < -0.39 is 15.8 Å². The lowest BCUT2D eigenvalue weighted by atomic mass is 10.2. The van der Waals surface area contributed by atoms with Crippen molar-refractivity contribution in [1.29, 1.82) is 0 Å². The first-order valence-electron chi connectivity index (χ1n) is 7.02. The quantitative estimate of drug-likeness (QED) is 0.732. The molecule has 0 bridgehead atoms. The van der Waals surface area contributed by atoms with E-state index in [1.54, 1.807) is 0 Å². The van der Waals surface area contributed by atoms with E-state index in [2.05, 4.69) is 15.9 Å². The highest BCUT2D eigenvalue weighted by Crippen LogP contribution is 2.30. The first-order valence-corrected chi connectivity index (χ1v) is 9.25. The van der Waals surface area contributed by atoms with Crippen LogP contribution in [0.15, 0.2) is 21.5 Å². The second kappa shape index (κ2) is 7.56. The largest absolute Gasteiger partial charge is 0.396 e. The third-order valence-corrected chi connectivity index (χ3v) is 6.42. The summed E-state index contributed by atoms with van der Waals surface area (Å²) in [4.78, 5) is 0.0119. The molecule has 0 heterocycles. The number of nitrogens with zero attached hydrogens (tertiary/aromatic N) is 1. The minimum Gasteiger partial charge on any atom is -0.396 e. The van der Waals surface area contributed by atoms with Crippen LogP contribution in [0.2, 0.25) is 0 Å². The number of hydrogen-bond donors (Lipinski definition) is 1. The van der Waals surface area contributed by atoms with E-state index in [0.29, 0.717) is 13.0 Å². The number of anilines is 1. The minimum absolute atomic E-state index is 0.0119. The van der Waals surface area contributed by atoms with Crippen molar-refractivity contribution in [2.75, 3.05) is 12.3 Å². The van der Waals surface area contributed by atoms with Gasteiger partial charge in [-0.3, -0.25) is 0 Å². The molecule has 0 radical (unpaired) electrons. The summed E-state index contributed by atoms with van der Waals surface area (Å²) in [7, 11) is -3.71. The standard InChI is InChI=1S/C14H22BrFN2O2S/c1-4-6-7-18(10(3)5-2)21(19,20)14-9-13(17)12(16)8-11(14)15/h8-10H,4-7,17H2,1-3H3. The van der Waals surface area contributed by atoms with Crippen LogP contribution in [0.25, 0.3) is 0 Å². The van der Waals surface area contributed by atoms with E-state index in [1.165, 1.54) is 10.4 Å². The van der Waals surface area contributed by atoms with E-state index >= 15 is 0 Å². The normalized spacial score (nSPS) is 13.6. The van der Waals surface area contributed by atoms with Gasteiger partial charge in [-0.15, -0.1) is 0 Å². The van der Waals surface area contributed by atoms with Crippen molar-refractivity contribution in [2.24, 2.45) is 0 Å². The number of nitrogens with two attached hydrogens (primary N) is 1. The molecule has 0 saturated heterocycles. The molecule has 1 aromatic rings. The van der Waals surface area contributed by atoms with E-state index in [9.17, 15) is 12.8 Å². The Morgan fingerprint density at radius 1 is 1.38 bits per heavy atom. The Balaban J connectivity index is 3.31. The van der Waals surface area contributed by atoms with Crippen molar-refractivity contribution >= 4 is 31.6 Å². The van der Waals surface area contributed by atoms with Crippen LogP contribution < -0.4 is 5.73 Å². The SMILES string of the molecule is CCCCN(C(C)CC)S(=O)(=O)c1cc(N)c(F)cc1Br. The molecule has 120 valence electrons. The van der Waals surface area contributed by atoms with Crippen molar-refractivity contribution < 1.29 is 12.8 Å². The number of halogens is 2. The van der Waals surface area contributed by atoms with Crippen LogP contribution in [0.5, 0.6) is 0 Å². The highest BCUT2D eigenvalue weighted by atomic mass is 79.9. The Bertz CT molecular complexity index is 593. The maximum Gasteiger partial charge on any atom is 0.244 e. The molecule has 0 aliphatic rings. The van der Waals surface area contributed by atoms with Crippen molar-refractivity contribution in [3.05, 3.63) is 22.4 Å². The number of unbranched alkanes of at least 4 members (excludes halogenated alkanes) is 1. The predicted octanol–water partition coefficient (Wildman–Crippen LogP) is 3.76. The molecular formula is C14H22BrFN2O2S. The summed E-state index contributed by atoms with van der Waals surface area (Å²) in [5.74, 6) is -0.635. The Kier molecular flexibility index (Phi) is 6.62. The molecule has 0 fully saturated rings. The molecule has 0 spiro atoms. The van der Waals surface area contributed by atoms with Gasteiger partial charge in [0.15, 0.2) is 0 Å². The first-order chi connectivity index (χ1) is 9.75. The summed E-state index contributed by atoms with van der Waals surface area (Å²) in [5, 5.41) is 0. The van der Waals surface area contributed by atoms with Crippen LogP contribution in [0.4, 0.5) is 10.1 Å². The van der Waals surface area contributed by atoms with Crippen molar-refractivity contribution in [3.8, 4) is 0 Å². The van der Waals surface area contributed by atoms with Gasteiger partial charge in [0.2, 0.25) is 10.0 Å². The van der Waals surface area contributed by atoms with Gasteiger partial charge >= 0.3 is 0 Å². The molecule has 1 aromatic carbocycles. The molecule has 1 unspecified atom stereocenters. The Morgan fingerprint density at radius 2 is 2.00 bits per heavy atom. The van der Waals surface area contributed by atoms with Gasteiger partial charge in [-0.1, -0.05) is 20.3 Å². The Morgan fingerprint density at radius 3 is 2.52 bits per heavy atom. The molecule has 0 aliphatic heterocycles. The topological polar surface area (TPSA) is 63.4 Å². The van der Waals surface area contributed by atoms with Crippen LogP contribution in [-0.4, -0.2) is 25.3 Å². The zero-order valence-corrected chi connectivity index (χ0v) is 15.0. The molecule has 7 heteroatoms. The van der Waals surface area contributed by atoms with Gasteiger partial charge in [-0.2, -0.15) is 4.31 Å². The summed E-state index contributed by atoms with van der Waals surface area (Å²) >= 11 is 3.12. The van der Waals surface area contributed by atoms with Crippen molar-refractivity contribution in [2.45, 2.75) is 51.0 Å². The summed E-state index contributed by atoms with van der Waals surface area (Å²) in [5.41, 5.74) is 5.35. The average molecular weight is 381 g/mol. The zero-order valence-electron chi connectivity index (χ0n) is 12.6. The third kappa shape index (κ3) is 4.17. The lowest BCUT2D eigenvalue weighted by molar-refractivity contribution is 0.324. The van der Waals surface area contributed by atoms with Gasteiger partial charge in [0, 0.05) is 17.1 Å². The average Bonchev–Trinajstić information content (AvgIpc) is 2.42. The Hall–Kier alpha value is -0.660. The fourth-order valence-corrected chi connectivity index (χ4v) is 4.72. The molecule has 4 nitrogen and oxygen atoms in total. The smallest absolute Gasteiger partial charge is 0.244 e. The molecule has 1 atom stereocenters. The molecular weight excluding hydrogens is 359 g/mol. The summed E-state index contributed by atoms with van der Waals surface area (Å²) in [6.45, 7) is 6.26. The van der Waals surface area contributed by atoms with Gasteiger partial charge < -0.3 is 5.73 Å². The fraction of sp³-hybridized carbons (Fsp3) is 0.571. The van der Waals surface area contributed by atoms with Gasteiger partial charge in [-0.25, -0.2) is 12.8 Å². The lowest BCUT2D eigenvalue weighted by Gasteiger charge is -2.28. The maximum absolute atomic E-state index is 13.4. The molecule has 1 rings (SSSR count). The first kappa shape index (κ1) is 18.4. The summed E-state index contributed by atoms with van der Waals surface area (Å²) in [6, 6.07) is 2.15. The van der Waals surface area contributed by atoms with Gasteiger partial charge in [0.05, 0.1) is 10.6 Å². The minimum atomic E-state index is -3.71. The zero-order chi connectivity index (χ0) is 16.2. The predicted molar refractivity (Wildman–Crippen MR) is 87.1 cm³/mol. The van der Waals surface area contributed by atoms with E-state index in [-0.39, 0.29) is 21.1 Å². The van der Waals surface area contributed by atoms with Crippen LogP contribution in [0, 0.1) is 5.82 Å². The molecule has 0 amide bonds. The number of hydrogen-bond acceptors (Lipinski definition) is 3. The number of benzene rings is 1. The number of nitrogen functional groups attached to an aromatic ring is 1. The molecule has 0 aliphatic carbocycles. The molecule has 0 aromatic heterocycles. The molecule has 2 N–H and O–H groups in total. The Labute approximate surface area is 134 Å². The van der Waals surface area contributed by atoms with E-state index in [4.69, 9.17) is 5.73 Å². The second-order valence-electron chi connectivity index (χ2n) is 5.03. The molecule has 21 heavy (non-hydrogen) atoms. The van der Waals surface area contributed by atoms with Gasteiger partial charge in [0.1, 0.15) is 5.82 Å². The van der Waals surface area contributed by atoms with Crippen LogP contribution in [-0.2, 0) is 10.0 Å². The second-order valence-corrected chi connectivity index (χ2v) is 7.74. The van der Waals surface area contributed by atoms with Crippen LogP contribution in [0.1, 0.15) is 40.0 Å². The highest BCUT2D eigenvalue weighted by molar-refractivity contribution is 9.10. The monoisotopic (exact) mass is 380 g/mol. The van der Waals surface area contributed by atoms with E-state index in [1.807, 2.05) is 20.8 Å². The number of sulfonamides is 1.